The fourth-order valence-electron chi connectivity index (χ4n) is 3.20. The number of nitrogens with zero attached hydrogens (tertiary/aromatic N) is 1. The summed E-state index contributed by atoms with van der Waals surface area (Å²) in [5, 5.41) is 2.90. The number of hydrogen-bond acceptors (Lipinski definition) is 6. The van der Waals surface area contributed by atoms with E-state index in [4.69, 9.17) is 14.2 Å². The number of rotatable bonds is 5. The number of carbonyl (C=O) groups excluding carboxylic acids is 2. The Morgan fingerprint density at radius 1 is 1.31 bits per heavy atom. The van der Waals surface area contributed by atoms with E-state index in [1.54, 1.807) is 19.1 Å². The highest BCUT2D eigenvalue weighted by Crippen LogP contribution is 2.38. The second-order valence-electron chi connectivity index (χ2n) is 6.35. The smallest absolute Gasteiger partial charge is 0.310 e. The highest BCUT2D eigenvalue weighted by molar-refractivity contribution is 9.10. The monoisotopic (exact) mass is 426 g/mol. The Morgan fingerprint density at radius 2 is 2.04 bits per heavy atom. The zero-order chi connectivity index (χ0) is 18.5. The Hall–Kier alpha value is -1.80. The number of benzene rings is 1. The van der Waals surface area contributed by atoms with Gasteiger partial charge in [-0.25, -0.2) is 0 Å². The summed E-state index contributed by atoms with van der Waals surface area (Å²) in [7, 11) is 0. The largest absolute Gasteiger partial charge is 0.486 e. The minimum Gasteiger partial charge on any atom is -0.486 e. The summed E-state index contributed by atoms with van der Waals surface area (Å²) in [6.07, 6.45) is 1.69. The van der Waals surface area contributed by atoms with Crippen molar-refractivity contribution in [3.05, 3.63) is 16.6 Å². The summed E-state index contributed by atoms with van der Waals surface area (Å²) in [5.74, 6) is 0.820. The van der Waals surface area contributed by atoms with Gasteiger partial charge in [0.25, 0.3) is 0 Å². The van der Waals surface area contributed by atoms with E-state index < -0.39 is 0 Å². The minimum atomic E-state index is -0.174. The van der Waals surface area contributed by atoms with Gasteiger partial charge in [-0.2, -0.15) is 0 Å². The van der Waals surface area contributed by atoms with E-state index in [-0.39, 0.29) is 24.3 Å². The Kier molecular flexibility index (Phi) is 6.37. The molecule has 2 aliphatic heterocycles. The molecule has 1 aromatic rings. The average molecular weight is 427 g/mol. The van der Waals surface area contributed by atoms with Crippen LogP contribution in [0.1, 0.15) is 19.8 Å². The van der Waals surface area contributed by atoms with Crippen LogP contribution < -0.4 is 14.8 Å². The van der Waals surface area contributed by atoms with Gasteiger partial charge in [-0.1, -0.05) is 0 Å². The lowest BCUT2D eigenvalue weighted by Gasteiger charge is -2.30. The van der Waals surface area contributed by atoms with E-state index in [0.717, 1.165) is 23.9 Å². The zero-order valence-electron chi connectivity index (χ0n) is 14.8. The summed E-state index contributed by atoms with van der Waals surface area (Å²) < 4.78 is 16.9. The Bertz CT molecular complexity index is 682. The van der Waals surface area contributed by atoms with Crippen LogP contribution in [0.2, 0.25) is 0 Å². The molecule has 0 aliphatic carbocycles. The molecule has 0 saturated carbocycles. The number of nitrogens with one attached hydrogen (secondary N) is 1. The average Bonchev–Trinajstić information content (AvgIpc) is 2.62. The first-order valence-corrected chi connectivity index (χ1v) is 9.64. The molecule has 0 aromatic heterocycles. The highest BCUT2D eigenvalue weighted by atomic mass is 79.9. The maximum Gasteiger partial charge on any atom is 0.310 e. The molecule has 142 valence electrons. The summed E-state index contributed by atoms with van der Waals surface area (Å²) in [6, 6.07) is 3.55. The fraction of sp³-hybridized carbons (Fsp3) is 0.556. The SMILES string of the molecule is CCOC(=O)C1CCCN(CC(=O)Nc2cc3c(cc2Br)OCCO3)C1. The van der Waals surface area contributed by atoms with Gasteiger partial charge in [0.2, 0.25) is 5.91 Å². The molecule has 2 heterocycles. The molecule has 1 N–H and O–H groups in total. The molecular weight excluding hydrogens is 404 g/mol. The molecule has 1 unspecified atom stereocenters. The number of likely N-dealkylation sites (tertiary alicyclic amines) is 1. The zero-order valence-corrected chi connectivity index (χ0v) is 16.3. The quantitative estimate of drug-likeness (QED) is 0.728. The lowest BCUT2D eigenvalue weighted by atomic mass is 9.98. The van der Waals surface area contributed by atoms with Gasteiger partial charge in [-0.05, 0) is 42.2 Å². The summed E-state index contributed by atoms with van der Waals surface area (Å²) in [6.45, 7) is 4.77. The molecule has 0 radical (unpaired) electrons. The van der Waals surface area contributed by atoms with E-state index in [9.17, 15) is 9.59 Å². The van der Waals surface area contributed by atoms with Crippen LogP contribution in [0.5, 0.6) is 11.5 Å². The van der Waals surface area contributed by atoms with Crippen LogP contribution in [0.25, 0.3) is 0 Å². The molecule has 1 amide bonds. The van der Waals surface area contributed by atoms with Crippen molar-refractivity contribution in [3.63, 3.8) is 0 Å². The molecule has 1 atom stereocenters. The molecule has 0 spiro atoms. The third-order valence-electron chi connectivity index (χ3n) is 4.40. The third kappa shape index (κ3) is 4.67. The second-order valence-corrected chi connectivity index (χ2v) is 7.20. The minimum absolute atomic E-state index is 0.133. The van der Waals surface area contributed by atoms with Gasteiger partial charge in [-0.15, -0.1) is 0 Å². The Labute approximate surface area is 161 Å². The number of carbonyl (C=O) groups is 2. The van der Waals surface area contributed by atoms with Gasteiger partial charge in [0, 0.05) is 23.2 Å². The molecule has 8 heteroatoms. The van der Waals surface area contributed by atoms with E-state index in [1.807, 2.05) is 4.90 Å². The predicted molar refractivity (Wildman–Crippen MR) is 99.6 cm³/mol. The van der Waals surface area contributed by atoms with Crippen molar-refractivity contribution in [3.8, 4) is 11.5 Å². The topological polar surface area (TPSA) is 77.1 Å². The summed E-state index contributed by atoms with van der Waals surface area (Å²) in [5.41, 5.74) is 0.637. The molecule has 2 aliphatic rings. The first kappa shape index (κ1) is 19.0. The van der Waals surface area contributed by atoms with Crippen molar-refractivity contribution >= 4 is 33.5 Å². The first-order valence-electron chi connectivity index (χ1n) is 8.84. The van der Waals surface area contributed by atoms with Gasteiger partial charge in [-0.3, -0.25) is 14.5 Å². The number of ether oxygens (including phenoxy) is 3. The highest BCUT2D eigenvalue weighted by Gasteiger charge is 2.28. The third-order valence-corrected chi connectivity index (χ3v) is 5.05. The van der Waals surface area contributed by atoms with Crippen molar-refractivity contribution in [2.45, 2.75) is 19.8 Å². The number of amides is 1. The van der Waals surface area contributed by atoms with Crippen LogP contribution in [0, 0.1) is 5.92 Å². The first-order chi connectivity index (χ1) is 12.6. The second kappa shape index (κ2) is 8.73. The van der Waals surface area contributed by atoms with Crippen LogP contribution >= 0.6 is 15.9 Å². The summed E-state index contributed by atoms with van der Waals surface area (Å²) in [4.78, 5) is 26.4. The van der Waals surface area contributed by atoms with Crippen LogP contribution in [-0.4, -0.2) is 56.2 Å². The van der Waals surface area contributed by atoms with E-state index >= 15 is 0 Å². The standard InChI is InChI=1S/C18H23BrN2O5/c1-2-24-18(23)12-4-3-5-21(10-12)11-17(22)20-14-9-16-15(8-13(14)19)25-6-7-26-16/h8-9,12H,2-7,10-11H2,1H3,(H,20,22). The molecular formula is C18H23BrN2O5. The van der Waals surface area contributed by atoms with Crippen LogP contribution in [0.15, 0.2) is 16.6 Å². The summed E-state index contributed by atoms with van der Waals surface area (Å²) >= 11 is 3.45. The Morgan fingerprint density at radius 3 is 2.77 bits per heavy atom. The Balaban J connectivity index is 1.58. The van der Waals surface area contributed by atoms with Gasteiger partial charge in [0.1, 0.15) is 13.2 Å². The molecule has 3 rings (SSSR count). The van der Waals surface area contributed by atoms with Crippen LogP contribution in [-0.2, 0) is 14.3 Å². The number of piperidine rings is 1. The van der Waals surface area contributed by atoms with Gasteiger partial charge < -0.3 is 19.5 Å². The van der Waals surface area contributed by atoms with Gasteiger partial charge in [0.05, 0.1) is 24.8 Å². The van der Waals surface area contributed by atoms with Gasteiger partial charge in [0.15, 0.2) is 11.5 Å². The molecule has 0 bridgehead atoms. The van der Waals surface area contributed by atoms with Gasteiger partial charge >= 0.3 is 5.97 Å². The fourth-order valence-corrected chi connectivity index (χ4v) is 3.63. The van der Waals surface area contributed by atoms with E-state index in [1.165, 1.54) is 0 Å². The maximum absolute atomic E-state index is 12.4. The van der Waals surface area contributed by atoms with E-state index in [2.05, 4.69) is 21.2 Å². The van der Waals surface area contributed by atoms with Crippen LogP contribution in [0.3, 0.4) is 0 Å². The predicted octanol–water partition coefficient (Wildman–Crippen LogP) is 2.43. The number of anilines is 1. The number of hydrogen-bond donors (Lipinski definition) is 1. The van der Waals surface area contributed by atoms with Crippen molar-refractivity contribution in [2.75, 3.05) is 44.8 Å². The lowest BCUT2D eigenvalue weighted by molar-refractivity contribution is -0.150. The van der Waals surface area contributed by atoms with Crippen molar-refractivity contribution in [1.82, 2.24) is 4.90 Å². The van der Waals surface area contributed by atoms with Crippen molar-refractivity contribution in [1.29, 1.82) is 0 Å². The maximum atomic E-state index is 12.4. The molecule has 26 heavy (non-hydrogen) atoms. The van der Waals surface area contributed by atoms with E-state index in [0.29, 0.717) is 43.6 Å². The molecule has 1 aromatic carbocycles. The normalized spacial score (nSPS) is 19.7. The van der Waals surface area contributed by atoms with Crippen molar-refractivity contribution in [2.24, 2.45) is 5.92 Å². The number of halogens is 1. The number of esters is 1. The van der Waals surface area contributed by atoms with Crippen LogP contribution in [0.4, 0.5) is 5.69 Å². The molecule has 1 fully saturated rings. The lowest BCUT2D eigenvalue weighted by Crippen LogP contribution is -2.43. The molecule has 7 nitrogen and oxygen atoms in total. The number of fused-ring (bicyclic) bond motifs is 1. The molecule has 1 saturated heterocycles. The van der Waals surface area contributed by atoms with Crippen molar-refractivity contribution < 1.29 is 23.8 Å².